The summed E-state index contributed by atoms with van der Waals surface area (Å²) in [5.41, 5.74) is 28.6. The van der Waals surface area contributed by atoms with Gasteiger partial charge in [0.05, 0.1) is 6.26 Å². The van der Waals surface area contributed by atoms with Gasteiger partial charge in [0, 0.05) is 173 Å². The Morgan fingerprint density at radius 2 is 0.692 bits per heavy atom. The third kappa shape index (κ3) is 21.9. The number of carbonyl (C=O) groups is 2. The number of hydrogen-bond donors (Lipinski definition) is 6. The van der Waals surface area contributed by atoms with Gasteiger partial charge in [-0.05, 0) is 253 Å². The number of hydroxylamine groups is 1. The number of carbonyl (C=O) groups excluding carboxylic acids is 2. The van der Waals surface area contributed by atoms with Crippen LogP contribution in [0.4, 0.5) is 73.9 Å². The molecule has 146 heavy (non-hydrogen) atoms. The zero-order chi connectivity index (χ0) is 103. The van der Waals surface area contributed by atoms with E-state index in [1.807, 2.05) is 90.5 Å². The van der Waals surface area contributed by atoms with E-state index in [4.69, 9.17) is 61.9 Å². The van der Waals surface area contributed by atoms with Gasteiger partial charge < -0.3 is 38.7 Å². The van der Waals surface area contributed by atoms with Crippen LogP contribution in [-0.2, 0) is 65.9 Å². The third-order valence-corrected chi connectivity index (χ3v) is 29.2. The molecule has 7 aliphatic rings. The number of H-pyrrole nitrogens is 3. The van der Waals surface area contributed by atoms with Crippen LogP contribution in [0.25, 0.3) is 0 Å². The number of aryl methyl sites for hydroxylation is 2. The van der Waals surface area contributed by atoms with Crippen molar-refractivity contribution in [3.63, 3.8) is 0 Å². The highest BCUT2D eigenvalue weighted by Crippen LogP contribution is 2.61. The highest BCUT2D eigenvalue weighted by Gasteiger charge is 2.49. The maximum absolute atomic E-state index is 12.0. The van der Waals surface area contributed by atoms with Crippen molar-refractivity contribution in [2.24, 2.45) is 15.3 Å². The smallest absolute Gasteiger partial charge is 0.296 e. The number of halogens is 2. The van der Waals surface area contributed by atoms with Gasteiger partial charge in [-0.15, -0.1) is 49.9 Å². The fourth-order valence-corrected chi connectivity index (χ4v) is 22.3. The third-order valence-electron chi connectivity index (χ3n) is 28.2. The lowest BCUT2D eigenvalue weighted by Crippen LogP contribution is -2.39. The number of aromatic amines is 3. The monoisotopic (exact) mass is 2020 g/mol. The number of fused-ring (bicyclic) bond motifs is 14. The summed E-state index contributed by atoms with van der Waals surface area (Å²) in [6.45, 7) is 31.4. The Kier molecular flexibility index (Phi) is 31.4. The second-order valence-electron chi connectivity index (χ2n) is 38.3. The van der Waals surface area contributed by atoms with Crippen LogP contribution in [0.3, 0.4) is 0 Å². The van der Waals surface area contributed by atoms with Gasteiger partial charge in [-0.2, -0.15) is 15.6 Å². The quantitative estimate of drug-likeness (QED) is 0.00773. The van der Waals surface area contributed by atoms with Crippen LogP contribution < -0.4 is 48.9 Å². The number of nitrogens with one attached hydrogen (secondary N) is 5. The van der Waals surface area contributed by atoms with Crippen molar-refractivity contribution in [1.82, 2.24) is 72.1 Å². The lowest BCUT2D eigenvalue weighted by molar-refractivity contribution is -0.129. The number of terminal acetylenes is 3. The molecule has 2 aliphatic carbocycles. The Morgan fingerprint density at radius 1 is 0.411 bits per heavy atom. The first-order valence-corrected chi connectivity index (χ1v) is 50.9. The second-order valence-corrected chi connectivity index (χ2v) is 41.0. The number of ether oxygens (including phenoxy) is 3. The molecule has 0 unspecified atom stereocenters. The number of hydrogen-bond acceptors (Lipinski definition) is 25. The molecule has 13 aromatic rings. The van der Waals surface area contributed by atoms with E-state index < -0.39 is 21.8 Å². The summed E-state index contributed by atoms with van der Waals surface area (Å²) in [5, 5.41) is 66.0. The Labute approximate surface area is 859 Å². The average molecular weight is 2020 g/mol. The Morgan fingerprint density at radius 3 is 1.02 bits per heavy atom. The zero-order valence-electron chi connectivity index (χ0n) is 83.1. The van der Waals surface area contributed by atoms with E-state index in [1.165, 1.54) is 88.2 Å². The van der Waals surface area contributed by atoms with E-state index in [-0.39, 0.29) is 59.7 Å². The summed E-state index contributed by atoms with van der Waals surface area (Å²) in [4.78, 5) is 45.9. The molecule has 3 aromatic heterocycles. The van der Waals surface area contributed by atoms with Crippen LogP contribution in [0.15, 0.2) is 197 Å². The van der Waals surface area contributed by atoms with Gasteiger partial charge in [-0.1, -0.05) is 166 Å². The summed E-state index contributed by atoms with van der Waals surface area (Å²) in [6, 6.07) is 61.7. The second kappa shape index (κ2) is 44.5. The molecular weight excluding hydrogens is 1900 g/mol. The molecule has 746 valence electrons. The van der Waals surface area contributed by atoms with Gasteiger partial charge in [-0.25, -0.2) is 13.9 Å². The normalized spacial score (nSPS) is 15.0. The Bertz CT molecular complexity index is 7340. The minimum absolute atomic E-state index is 0.0584. The van der Waals surface area contributed by atoms with Crippen LogP contribution in [-0.4, -0.2) is 181 Å². The summed E-state index contributed by atoms with van der Waals surface area (Å²) in [6.07, 6.45) is 29.7. The predicted molar refractivity (Wildman–Crippen MR) is 566 cm³/mol. The molecule has 33 nitrogen and oxygen atoms in total. The first-order chi connectivity index (χ1) is 70.4. The summed E-state index contributed by atoms with van der Waals surface area (Å²) in [5.74, 6) is 11.1. The van der Waals surface area contributed by atoms with Crippen LogP contribution in [0.1, 0.15) is 196 Å². The van der Waals surface area contributed by atoms with Crippen molar-refractivity contribution in [3.8, 4) is 54.3 Å². The standard InChI is InChI=1S/C25H26N7O.C24H24N7O.C22H22N7O.C20H23ClN2O3S.C19H21ClN2O2/c1-3-15-33-19-8-10-23-21(17-19)25(12-5-4-6-13-25)20-16-18(27-26-2)7-9-22(20)32(23)14-11-24-28-30-31-29-24;1-3-14-32-18-7-9-22-20(16-18)24(11-4-5-12-24)19-15-17(26-25-2)6-8-21(19)31(22)13-10-23-27-29-30-28-23;1-5-12-30-16-7-9-20-18(14-16)22(2,3)17-13-15(24-23-4)6-8-19(17)29(20)11-10-21-25-27-28-26-21;1-13-5-7-17-15(11-13)20(2,3)16-12-14(21)6-8-18(16)23(17)10-9-19(24)22-27(4,25)26;1-12-4-6-16-14(10-12)19(2,3)15-11-13(20)5-7-17(15)22(16)9-8-18(23)21-24/h1,7-10,16-17H,2,4-6,11-15H2,(H,28,29,30,31);1,6-9,15-16H,2,4-5,10-14H2,(H,27,28,29,30);1,6-9,13-14H,4,10-12H2,2-3H3,(H,25,26,27,28);5-8,11-12H,9-10H2,1-4H3,(H,22,24);4-7,10-11,24H,8-9H2,1-3H3,(H,21,23)/q3*+1;;. The summed E-state index contributed by atoms with van der Waals surface area (Å²) >= 11 is 12.5. The summed E-state index contributed by atoms with van der Waals surface area (Å²) < 4.78 is 41.9. The zero-order valence-corrected chi connectivity index (χ0v) is 85.5. The van der Waals surface area contributed by atoms with Crippen molar-refractivity contribution in [1.29, 1.82) is 0 Å². The number of sulfonamides is 1. The van der Waals surface area contributed by atoms with Crippen molar-refractivity contribution >= 4 is 139 Å². The number of rotatable bonds is 25. The van der Waals surface area contributed by atoms with E-state index >= 15 is 0 Å². The average Bonchev–Trinajstić information content (AvgIpc) is 1.00. The van der Waals surface area contributed by atoms with E-state index in [2.05, 4.69) is 306 Å². The number of anilines is 10. The molecule has 2 fully saturated rings. The van der Waals surface area contributed by atoms with E-state index in [0.29, 0.717) is 66.4 Å². The molecule has 20 rings (SSSR count). The topological polar surface area (TPSA) is 399 Å². The maximum Gasteiger partial charge on any atom is 0.296 e. The lowest BCUT2D eigenvalue weighted by Gasteiger charge is -2.47. The van der Waals surface area contributed by atoms with Crippen molar-refractivity contribution < 1.29 is 51.8 Å². The molecule has 0 bridgehead atoms. The molecule has 5 aliphatic heterocycles. The van der Waals surface area contributed by atoms with Gasteiger partial charge in [0.1, 0.15) is 69.5 Å². The first-order valence-electron chi connectivity index (χ1n) is 48.2. The van der Waals surface area contributed by atoms with Crippen LogP contribution in [0, 0.1) is 50.9 Å². The first kappa shape index (κ1) is 103. The van der Waals surface area contributed by atoms with E-state index in [0.717, 1.165) is 147 Å². The fraction of sp³-hybridized carbons (Fsp3) is 0.327. The Balaban J connectivity index is 0.000000131. The maximum atomic E-state index is 12.0. The van der Waals surface area contributed by atoms with Crippen LogP contribution in [0.2, 0.25) is 10.0 Å². The molecule has 10 aromatic carbocycles. The van der Waals surface area contributed by atoms with Crippen molar-refractivity contribution in [2.75, 3.05) is 83.3 Å². The van der Waals surface area contributed by atoms with Gasteiger partial charge in [0.2, 0.25) is 21.8 Å². The highest BCUT2D eigenvalue weighted by molar-refractivity contribution is 7.89. The van der Waals surface area contributed by atoms with Crippen LogP contribution in [0.5, 0.6) is 17.2 Å². The van der Waals surface area contributed by atoms with E-state index in [1.54, 1.807) is 5.48 Å². The van der Waals surface area contributed by atoms with Crippen LogP contribution >= 0.6 is 23.2 Å². The molecule has 2 spiro atoms. The molecule has 0 saturated heterocycles. The largest absolute Gasteiger partial charge is 0.481 e. The molecule has 0 atom stereocenters. The molecule has 36 heteroatoms. The van der Waals surface area contributed by atoms with E-state index in [9.17, 15) is 18.0 Å². The molecule has 8 heterocycles. The molecular formula is C110H116Cl2N25O8S+3. The van der Waals surface area contributed by atoms with Gasteiger partial charge in [0.25, 0.3) is 20.2 Å². The molecule has 2 saturated carbocycles. The summed E-state index contributed by atoms with van der Waals surface area (Å²) in [7, 11) is -3.56. The van der Waals surface area contributed by atoms with Gasteiger partial charge >= 0.3 is 0 Å². The number of nitrogens with zero attached hydrogens (tertiary/aromatic N) is 20. The fourth-order valence-electron chi connectivity index (χ4n) is 21.4. The number of benzene rings is 10. The van der Waals surface area contributed by atoms with Gasteiger partial charge in [0.15, 0.2) is 17.5 Å². The minimum Gasteiger partial charge on any atom is -0.481 e. The molecule has 2 amide bonds. The molecule has 0 radical (unpaired) electrons. The highest BCUT2D eigenvalue weighted by atomic mass is 35.5. The Hall–Kier alpha value is -15.9. The van der Waals surface area contributed by atoms with Crippen molar-refractivity contribution in [2.45, 2.75) is 172 Å². The van der Waals surface area contributed by atoms with Crippen molar-refractivity contribution in [3.05, 3.63) is 276 Å². The minimum atomic E-state index is -3.56. The number of aromatic nitrogens is 12. The number of tetrazole rings is 3. The molecule has 6 N–H and O–H groups in total. The lowest BCUT2D eigenvalue weighted by atomic mass is 9.62. The number of amides is 2. The van der Waals surface area contributed by atoms with Gasteiger partial charge in [-0.3, -0.25) is 19.5 Å². The SMILES string of the molecule is C#CCOc1ccc2c(c1)C(C)(C)c1cc(N=[N+]=C)ccc1N2CCc1nn[nH]n1.C#CCOc1ccc2c(c1)C1(CCCC1)c1cc(N=[N+]=C)ccc1N2CCc1nn[nH]n1.C#CCOc1ccc2c(c1)C1(CCCCC1)c1cc(N=[N+]=C)ccc1N2CCc1nn[nH]n1.Cc1ccc2c(c1)C(C)(C)c1cc(Cl)ccc1N2CCC(=O)NO.Cc1ccc2c(c1)C(C)(C)c1cc(Cl)ccc1N2CCC(=O)NS(C)(=O)=O. The predicted octanol–water partition coefficient (Wildman–Crippen LogP) is 19.3.